The molecule has 21 heavy (non-hydrogen) atoms. The maximum absolute atomic E-state index is 12.1. The average Bonchev–Trinajstić information content (AvgIpc) is 2.69. The van der Waals surface area contributed by atoms with Crippen molar-refractivity contribution in [3.05, 3.63) is 29.3 Å². The molecular weight excluding hydrogens is 270 g/mol. The van der Waals surface area contributed by atoms with Crippen LogP contribution >= 0.6 is 0 Å². The maximum Gasteiger partial charge on any atom is 0.314 e. The Hall–Kier alpha value is -2.24. The van der Waals surface area contributed by atoms with Crippen LogP contribution in [0.25, 0.3) is 5.52 Å². The van der Waals surface area contributed by atoms with Crippen LogP contribution in [0.3, 0.4) is 0 Å². The Balaban J connectivity index is 2.20. The first-order chi connectivity index (χ1) is 9.65. The third-order valence-corrected chi connectivity index (χ3v) is 2.77. The molecule has 0 saturated heterocycles. The van der Waals surface area contributed by atoms with Gasteiger partial charge in [0, 0.05) is 0 Å². The summed E-state index contributed by atoms with van der Waals surface area (Å²) in [5.41, 5.74) is 2.01. The average molecular weight is 289 g/mol. The maximum atomic E-state index is 12.1. The van der Waals surface area contributed by atoms with Gasteiger partial charge in [0.1, 0.15) is 17.7 Å². The van der Waals surface area contributed by atoms with Crippen LogP contribution in [0, 0.1) is 13.8 Å². The number of aromatic nitrogens is 3. The van der Waals surface area contributed by atoms with Crippen LogP contribution in [0.5, 0.6) is 0 Å². The number of Topliss-reactive ketones (excluding diaryl/α,β-unsaturated/α-hetero) is 1. The highest BCUT2D eigenvalue weighted by Crippen LogP contribution is 2.14. The van der Waals surface area contributed by atoms with Crippen LogP contribution < -0.4 is 0 Å². The van der Waals surface area contributed by atoms with E-state index in [-0.39, 0.29) is 17.9 Å². The van der Waals surface area contributed by atoms with Crippen LogP contribution in [0.1, 0.15) is 49.1 Å². The number of nitrogens with zero attached hydrogens (tertiary/aromatic N) is 3. The molecule has 0 aliphatic carbocycles. The van der Waals surface area contributed by atoms with Crippen molar-refractivity contribution in [2.24, 2.45) is 0 Å². The first kappa shape index (κ1) is 15.2. The van der Waals surface area contributed by atoms with E-state index in [2.05, 4.69) is 10.1 Å². The van der Waals surface area contributed by atoms with Crippen molar-refractivity contribution >= 4 is 17.3 Å². The van der Waals surface area contributed by atoms with Crippen LogP contribution in [0.4, 0.5) is 0 Å². The molecule has 112 valence electrons. The predicted molar refractivity (Wildman–Crippen MR) is 77.3 cm³/mol. The second-order valence-electron chi connectivity index (χ2n) is 6.01. The summed E-state index contributed by atoms with van der Waals surface area (Å²) >= 11 is 0. The van der Waals surface area contributed by atoms with Crippen molar-refractivity contribution in [2.45, 2.75) is 46.6 Å². The quantitative estimate of drug-likeness (QED) is 0.492. The predicted octanol–water partition coefficient (Wildman–Crippen LogP) is 2.26. The fraction of sp³-hybridized carbons (Fsp3) is 0.467. The molecule has 0 fully saturated rings. The molecule has 0 aromatic carbocycles. The van der Waals surface area contributed by atoms with E-state index in [1.165, 1.54) is 0 Å². The normalized spacial score (nSPS) is 11.7. The molecule has 0 saturated carbocycles. The smallest absolute Gasteiger partial charge is 0.314 e. The fourth-order valence-electron chi connectivity index (χ4n) is 2.03. The number of esters is 1. The van der Waals surface area contributed by atoms with Crippen molar-refractivity contribution in [1.82, 2.24) is 14.6 Å². The third-order valence-electron chi connectivity index (χ3n) is 2.77. The van der Waals surface area contributed by atoms with Gasteiger partial charge in [0.25, 0.3) is 0 Å². The van der Waals surface area contributed by atoms with Crippen LogP contribution in [0.2, 0.25) is 0 Å². The number of carbonyl (C=O) groups excluding carboxylic acids is 2. The highest BCUT2D eigenvalue weighted by molar-refractivity contribution is 6.05. The molecule has 6 heteroatoms. The highest BCUT2D eigenvalue weighted by atomic mass is 16.6. The molecule has 2 heterocycles. The number of hydrogen-bond donors (Lipinski definition) is 0. The van der Waals surface area contributed by atoms with E-state index >= 15 is 0 Å². The van der Waals surface area contributed by atoms with Crippen molar-refractivity contribution in [3.63, 3.8) is 0 Å². The number of rotatable bonds is 3. The molecule has 0 bridgehead atoms. The van der Waals surface area contributed by atoms with Gasteiger partial charge >= 0.3 is 5.97 Å². The van der Waals surface area contributed by atoms with E-state index < -0.39 is 11.6 Å². The summed E-state index contributed by atoms with van der Waals surface area (Å²) in [5.74, 6) is -0.902. The van der Waals surface area contributed by atoms with Gasteiger partial charge in [-0.05, 0) is 40.7 Å². The minimum absolute atomic E-state index is 0.247. The number of ether oxygens (including phenoxy) is 1. The van der Waals surface area contributed by atoms with Crippen LogP contribution in [-0.4, -0.2) is 32.0 Å². The molecule has 0 amide bonds. The number of hydrogen-bond acceptors (Lipinski definition) is 5. The molecule has 0 N–H and O–H groups in total. The van der Waals surface area contributed by atoms with E-state index in [0.717, 1.165) is 16.9 Å². The van der Waals surface area contributed by atoms with E-state index in [9.17, 15) is 9.59 Å². The molecule has 0 spiro atoms. The number of ketones is 1. The summed E-state index contributed by atoms with van der Waals surface area (Å²) in [6.45, 7) is 9.00. The number of fused-ring (bicyclic) bond motifs is 1. The lowest BCUT2D eigenvalue weighted by molar-refractivity contribution is -0.153. The van der Waals surface area contributed by atoms with Gasteiger partial charge in [-0.2, -0.15) is 5.10 Å². The summed E-state index contributed by atoms with van der Waals surface area (Å²) in [4.78, 5) is 28.1. The van der Waals surface area contributed by atoms with E-state index in [0.29, 0.717) is 0 Å². The zero-order valence-corrected chi connectivity index (χ0v) is 12.9. The molecular formula is C15H19N3O3. The largest absolute Gasteiger partial charge is 0.460 e. The van der Waals surface area contributed by atoms with Gasteiger partial charge in [0.15, 0.2) is 5.78 Å². The highest BCUT2D eigenvalue weighted by Gasteiger charge is 2.21. The molecule has 0 aliphatic heterocycles. The van der Waals surface area contributed by atoms with Gasteiger partial charge in [-0.1, -0.05) is 0 Å². The third kappa shape index (κ3) is 3.65. The van der Waals surface area contributed by atoms with E-state index in [1.807, 2.05) is 13.8 Å². The molecule has 2 rings (SSSR count). The molecule has 0 unspecified atom stereocenters. The zero-order valence-electron chi connectivity index (χ0n) is 12.9. The SMILES string of the molecule is Cc1cn2nc(C(=O)CC(=O)OC(C)(C)C)cc2c(C)n1. The Labute approximate surface area is 123 Å². The molecule has 2 aromatic heterocycles. The first-order valence-electron chi connectivity index (χ1n) is 6.74. The molecule has 2 aromatic rings. The summed E-state index contributed by atoms with van der Waals surface area (Å²) in [6.07, 6.45) is 1.43. The van der Waals surface area contributed by atoms with Gasteiger partial charge in [0.05, 0.1) is 23.1 Å². The molecule has 0 aliphatic rings. The minimum Gasteiger partial charge on any atom is -0.460 e. The standard InChI is InChI=1S/C15H19N3O3/c1-9-8-18-12(10(2)16-9)6-11(17-18)13(19)7-14(20)21-15(3,4)5/h6,8H,7H2,1-5H3. The van der Waals surface area contributed by atoms with Gasteiger partial charge in [-0.15, -0.1) is 0 Å². The van der Waals surface area contributed by atoms with Gasteiger partial charge < -0.3 is 4.74 Å². The van der Waals surface area contributed by atoms with Crippen LogP contribution in [0.15, 0.2) is 12.3 Å². The van der Waals surface area contributed by atoms with Gasteiger partial charge in [0.2, 0.25) is 0 Å². The van der Waals surface area contributed by atoms with Gasteiger partial charge in [-0.25, -0.2) is 4.52 Å². The minimum atomic E-state index is -0.603. The fourth-order valence-corrected chi connectivity index (χ4v) is 2.03. The van der Waals surface area contributed by atoms with Crippen molar-refractivity contribution in [3.8, 4) is 0 Å². The summed E-state index contributed by atoms with van der Waals surface area (Å²) in [5, 5.41) is 4.20. The lowest BCUT2D eigenvalue weighted by atomic mass is 10.1. The van der Waals surface area contributed by atoms with Crippen LogP contribution in [-0.2, 0) is 9.53 Å². The summed E-state index contributed by atoms with van der Waals surface area (Å²) < 4.78 is 6.75. The lowest BCUT2D eigenvalue weighted by Gasteiger charge is -2.18. The molecule has 0 atom stereocenters. The van der Waals surface area contributed by atoms with Crippen molar-refractivity contribution < 1.29 is 14.3 Å². The Morgan fingerprint density at radius 2 is 1.95 bits per heavy atom. The number of carbonyl (C=O) groups is 2. The summed E-state index contributed by atoms with van der Waals surface area (Å²) in [7, 11) is 0. The second kappa shape index (κ2) is 5.27. The molecule has 0 radical (unpaired) electrons. The van der Waals surface area contributed by atoms with E-state index in [4.69, 9.17) is 4.74 Å². The zero-order chi connectivity index (χ0) is 15.8. The Kier molecular flexibility index (Phi) is 3.80. The second-order valence-corrected chi connectivity index (χ2v) is 6.01. The van der Waals surface area contributed by atoms with E-state index in [1.54, 1.807) is 37.5 Å². The Morgan fingerprint density at radius 3 is 2.57 bits per heavy atom. The van der Waals surface area contributed by atoms with Gasteiger partial charge in [-0.3, -0.25) is 14.6 Å². The Morgan fingerprint density at radius 1 is 1.29 bits per heavy atom. The lowest BCUT2D eigenvalue weighted by Crippen LogP contribution is -2.25. The number of aryl methyl sites for hydroxylation is 2. The van der Waals surface area contributed by atoms with Crippen molar-refractivity contribution in [1.29, 1.82) is 0 Å². The Bertz CT molecular complexity index is 711. The molecule has 6 nitrogen and oxygen atoms in total. The van der Waals surface area contributed by atoms with Crippen molar-refractivity contribution in [2.75, 3.05) is 0 Å². The monoisotopic (exact) mass is 289 g/mol. The summed E-state index contributed by atoms with van der Waals surface area (Å²) in [6, 6.07) is 1.65. The first-order valence-corrected chi connectivity index (χ1v) is 6.74. The topological polar surface area (TPSA) is 73.6 Å².